The summed E-state index contributed by atoms with van der Waals surface area (Å²) in [6.07, 6.45) is 0. The summed E-state index contributed by atoms with van der Waals surface area (Å²) in [5.74, 6) is 0.786. The van der Waals surface area contributed by atoms with Gasteiger partial charge in [0.25, 0.3) is 5.91 Å². The maximum absolute atomic E-state index is 12.9. The molecule has 0 bridgehead atoms. The fraction of sp³-hybridized carbons (Fsp3) is 0.259. The van der Waals surface area contributed by atoms with Gasteiger partial charge in [0.1, 0.15) is 5.82 Å². The summed E-state index contributed by atoms with van der Waals surface area (Å²) in [4.78, 5) is 17.8. The van der Waals surface area contributed by atoms with E-state index in [0.29, 0.717) is 5.56 Å². The molecule has 3 aromatic carbocycles. The van der Waals surface area contributed by atoms with E-state index in [9.17, 15) is 4.79 Å². The molecule has 1 atom stereocenters. The third-order valence-corrected chi connectivity index (χ3v) is 5.97. The molecule has 1 N–H and O–H groups in total. The normalized spacial score (nSPS) is 12.2. The summed E-state index contributed by atoms with van der Waals surface area (Å²) in [6, 6.07) is 20.0. The molecule has 0 aliphatic carbocycles. The lowest BCUT2D eigenvalue weighted by molar-refractivity contribution is 0.0937. The van der Waals surface area contributed by atoms with Gasteiger partial charge in [0.05, 0.1) is 17.1 Å². The molecule has 0 saturated carbocycles. The Morgan fingerprint density at radius 3 is 2.29 bits per heavy atom. The fourth-order valence-corrected chi connectivity index (χ4v) is 4.37. The predicted octanol–water partition coefficient (Wildman–Crippen LogP) is 5.81. The topological polar surface area (TPSA) is 46.9 Å². The number of fused-ring (bicyclic) bond motifs is 1. The zero-order valence-corrected chi connectivity index (χ0v) is 18.9. The fourth-order valence-electron chi connectivity index (χ4n) is 4.37. The SMILES string of the molecule is Cc1cc(C)c(Cn2c(C(C)NC(=O)c3ccccc3C)nc3ccccc32)c(C)c1. The number of amides is 1. The number of hydrogen-bond acceptors (Lipinski definition) is 2. The first kappa shape index (κ1) is 20.9. The van der Waals surface area contributed by atoms with Crippen molar-refractivity contribution >= 4 is 16.9 Å². The van der Waals surface area contributed by atoms with E-state index >= 15 is 0 Å². The number of rotatable bonds is 5. The standard InChI is InChI=1S/C27H29N3O/c1-17-14-19(3)23(20(4)15-17)16-30-25-13-9-8-12-24(25)29-26(30)21(5)28-27(31)22-11-7-6-10-18(22)2/h6-15,21H,16H2,1-5H3,(H,28,31). The van der Waals surface area contributed by atoms with Crippen LogP contribution in [-0.4, -0.2) is 15.5 Å². The maximum atomic E-state index is 12.9. The van der Waals surface area contributed by atoms with Gasteiger partial charge < -0.3 is 9.88 Å². The molecular weight excluding hydrogens is 382 g/mol. The molecule has 1 unspecified atom stereocenters. The summed E-state index contributed by atoms with van der Waals surface area (Å²) in [6.45, 7) is 11.1. The average molecular weight is 412 g/mol. The van der Waals surface area contributed by atoms with E-state index in [0.717, 1.165) is 29.0 Å². The first-order valence-corrected chi connectivity index (χ1v) is 10.7. The molecule has 0 aliphatic heterocycles. The van der Waals surface area contributed by atoms with Crippen molar-refractivity contribution in [3.05, 3.63) is 99.9 Å². The first-order valence-electron chi connectivity index (χ1n) is 10.7. The molecule has 4 rings (SSSR count). The second-order valence-electron chi connectivity index (χ2n) is 8.43. The predicted molar refractivity (Wildman–Crippen MR) is 127 cm³/mol. The van der Waals surface area contributed by atoms with Crippen molar-refractivity contribution in [2.24, 2.45) is 0 Å². The lowest BCUT2D eigenvalue weighted by Crippen LogP contribution is -2.29. The Balaban J connectivity index is 1.73. The van der Waals surface area contributed by atoms with Crippen LogP contribution in [0.3, 0.4) is 0 Å². The Morgan fingerprint density at radius 1 is 0.935 bits per heavy atom. The van der Waals surface area contributed by atoms with Gasteiger partial charge in [-0.15, -0.1) is 0 Å². The molecular formula is C27H29N3O. The number of nitrogens with one attached hydrogen (secondary N) is 1. The van der Waals surface area contributed by atoms with Gasteiger partial charge in [-0.05, 0) is 75.1 Å². The van der Waals surface area contributed by atoms with E-state index in [-0.39, 0.29) is 11.9 Å². The smallest absolute Gasteiger partial charge is 0.252 e. The molecule has 0 aliphatic rings. The Kier molecular flexibility index (Phi) is 5.64. The van der Waals surface area contributed by atoms with Crippen molar-refractivity contribution in [3.63, 3.8) is 0 Å². The third-order valence-electron chi connectivity index (χ3n) is 5.97. The molecule has 1 amide bonds. The van der Waals surface area contributed by atoms with E-state index in [1.807, 2.05) is 56.3 Å². The Morgan fingerprint density at radius 2 is 1.58 bits per heavy atom. The van der Waals surface area contributed by atoms with Crippen LogP contribution < -0.4 is 5.32 Å². The number of nitrogens with zero attached hydrogens (tertiary/aromatic N) is 2. The van der Waals surface area contributed by atoms with Crippen molar-refractivity contribution in [2.45, 2.75) is 47.2 Å². The zero-order chi connectivity index (χ0) is 22.1. The van der Waals surface area contributed by atoms with Crippen LogP contribution in [-0.2, 0) is 6.54 Å². The van der Waals surface area contributed by atoms with Crippen LogP contribution in [0.4, 0.5) is 0 Å². The van der Waals surface area contributed by atoms with Crippen LogP contribution in [0.15, 0.2) is 60.7 Å². The lowest BCUT2D eigenvalue weighted by Gasteiger charge is -2.19. The third kappa shape index (κ3) is 4.11. The van der Waals surface area contributed by atoms with Gasteiger partial charge in [0.15, 0.2) is 0 Å². The number of para-hydroxylation sites is 2. The first-order chi connectivity index (χ1) is 14.8. The van der Waals surface area contributed by atoms with Gasteiger partial charge >= 0.3 is 0 Å². The molecule has 1 heterocycles. The van der Waals surface area contributed by atoms with Gasteiger partial charge in [-0.25, -0.2) is 4.98 Å². The molecule has 1 aromatic heterocycles. The van der Waals surface area contributed by atoms with Crippen LogP contribution in [0.1, 0.15) is 57.0 Å². The van der Waals surface area contributed by atoms with Gasteiger partial charge in [-0.2, -0.15) is 0 Å². The van der Waals surface area contributed by atoms with Gasteiger partial charge in [-0.1, -0.05) is 48.0 Å². The second-order valence-corrected chi connectivity index (χ2v) is 8.43. The highest BCUT2D eigenvalue weighted by molar-refractivity contribution is 5.95. The van der Waals surface area contributed by atoms with Crippen molar-refractivity contribution < 1.29 is 4.79 Å². The van der Waals surface area contributed by atoms with Crippen LogP contribution in [0.2, 0.25) is 0 Å². The maximum Gasteiger partial charge on any atom is 0.252 e. The number of carbonyl (C=O) groups is 1. The van der Waals surface area contributed by atoms with Gasteiger partial charge in [-0.3, -0.25) is 4.79 Å². The quantitative estimate of drug-likeness (QED) is 0.450. The summed E-state index contributed by atoms with van der Waals surface area (Å²) in [5, 5.41) is 3.16. The molecule has 0 radical (unpaired) electrons. The summed E-state index contributed by atoms with van der Waals surface area (Å²) >= 11 is 0. The van der Waals surface area contributed by atoms with Crippen molar-refractivity contribution in [3.8, 4) is 0 Å². The number of carbonyl (C=O) groups excluding carboxylic acids is 1. The van der Waals surface area contributed by atoms with E-state index in [4.69, 9.17) is 4.98 Å². The lowest BCUT2D eigenvalue weighted by atomic mass is 9.99. The highest BCUT2D eigenvalue weighted by atomic mass is 16.1. The Hall–Kier alpha value is -3.40. The van der Waals surface area contributed by atoms with Crippen molar-refractivity contribution in [1.82, 2.24) is 14.9 Å². The Bertz CT molecular complexity index is 1250. The highest BCUT2D eigenvalue weighted by Gasteiger charge is 2.20. The van der Waals surface area contributed by atoms with Gasteiger partial charge in [0, 0.05) is 12.1 Å². The van der Waals surface area contributed by atoms with Crippen molar-refractivity contribution in [1.29, 1.82) is 0 Å². The second kappa shape index (κ2) is 8.38. The summed E-state index contributed by atoms with van der Waals surface area (Å²) in [7, 11) is 0. The van der Waals surface area contributed by atoms with Crippen LogP contribution in [0.25, 0.3) is 11.0 Å². The summed E-state index contributed by atoms with van der Waals surface area (Å²) in [5.41, 5.74) is 8.80. The number of aryl methyl sites for hydroxylation is 4. The average Bonchev–Trinajstić information content (AvgIpc) is 3.09. The largest absolute Gasteiger partial charge is 0.342 e. The van der Waals surface area contributed by atoms with Crippen LogP contribution in [0.5, 0.6) is 0 Å². The number of hydrogen-bond donors (Lipinski definition) is 1. The summed E-state index contributed by atoms with van der Waals surface area (Å²) < 4.78 is 2.24. The molecule has 0 saturated heterocycles. The minimum Gasteiger partial charge on any atom is -0.342 e. The zero-order valence-electron chi connectivity index (χ0n) is 18.9. The molecule has 0 fully saturated rings. The van der Waals surface area contributed by atoms with E-state index in [1.165, 1.54) is 22.3 Å². The molecule has 158 valence electrons. The molecule has 4 aromatic rings. The number of imidazole rings is 1. The molecule has 0 spiro atoms. The van der Waals surface area contributed by atoms with Gasteiger partial charge in [0.2, 0.25) is 0 Å². The monoisotopic (exact) mass is 411 g/mol. The van der Waals surface area contributed by atoms with Crippen LogP contribution in [0, 0.1) is 27.7 Å². The van der Waals surface area contributed by atoms with E-state index in [1.54, 1.807) is 0 Å². The number of aromatic nitrogens is 2. The number of benzene rings is 3. The molecule has 4 nitrogen and oxygen atoms in total. The molecule has 31 heavy (non-hydrogen) atoms. The highest BCUT2D eigenvalue weighted by Crippen LogP contribution is 2.25. The Labute approximate surface area is 183 Å². The molecule has 4 heteroatoms. The van der Waals surface area contributed by atoms with Crippen LogP contribution >= 0.6 is 0 Å². The van der Waals surface area contributed by atoms with Crippen molar-refractivity contribution in [2.75, 3.05) is 0 Å². The minimum atomic E-state index is -0.231. The minimum absolute atomic E-state index is 0.0769. The van der Waals surface area contributed by atoms with E-state index < -0.39 is 0 Å². The van der Waals surface area contributed by atoms with E-state index in [2.05, 4.69) is 48.9 Å².